The highest BCUT2D eigenvalue weighted by atomic mass is 16.4. The molecule has 112 valence electrons. The van der Waals surface area contributed by atoms with E-state index in [0.717, 1.165) is 0 Å². The van der Waals surface area contributed by atoms with Gasteiger partial charge in [-0.3, -0.25) is 9.59 Å². The molecule has 0 bridgehead atoms. The Morgan fingerprint density at radius 3 is 2.35 bits per heavy atom. The predicted octanol–water partition coefficient (Wildman–Crippen LogP) is 0.540. The summed E-state index contributed by atoms with van der Waals surface area (Å²) in [5.41, 5.74) is 0. The largest absolute Gasteiger partial charge is 0.481 e. The Morgan fingerprint density at radius 2 is 1.95 bits per heavy atom. The molecule has 0 spiro atoms. The van der Waals surface area contributed by atoms with Crippen molar-refractivity contribution in [2.45, 2.75) is 32.5 Å². The summed E-state index contributed by atoms with van der Waals surface area (Å²) in [6, 6.07) is 2.44. The van der Waals surface area contributed by atoms with Gasteiger partial charge in [-0.1, -0.05) is 6.92 Å². The number of carboxylic acid groups (broad SMARTS) is 2. The van der Waals surface area contributed by atoms with Crippen molar-refractivity contribution in [2.24, 2.45) is 11.8 Å². The fourth-order valence-electron chi connectivity index (χ4n) is 2.06. The minimum atomic E-state index is -1.25. The van der Waals surface area contributed by atoms with E-state index in [9.17, 15) is 19.8 Å². The number of hydrogen-bond donors (Lipinski definition) is 4. The zero-order chi connectivity index (χ0) is 15.3. The molecular weight excluding hydrogens is 266 g/mol. The van der Waals surface area contributed by atoms with E-state index in [2.05, 4.69) is 5.32 Å². The Balaban J connectivity index is 2.88. The molecule has 0 radical (unpaired) electrons. The van der Waals surface area contributed by atoms with Crippen molar-refractivity contribution in [1.82, 2.24) is 5.32 Å². The van der Waals surface area contributed by atoms with Gasteiger partial charge in [-0.15, -0.1) is 0 Å². The van der Waals surface area contributed by atoms with Crippen LogP contribution in [-0.2, 0) is 16.1 Å². The van der Waals surface area contributed by atoms with Crippen LogP contribution < -0.4 is 5.32 Å². The number of nitrogens with one attached hydrogen (secondary N) is 1. The van der Waals surface area contributed by atoms with Crippen LogP contribution in [0.4, 0.5) is 0 Å². The van der Waals surface area contributed by atoms with E-state index in [1.165, 1.54) is 20.1 Å². The Bertz CT molecular complexity index is 442. The van der Waals surface area contributed by atoms with Gasteiger partial charge in [0.05, 0.1) is 30.7 Å². The van der Waals surface area contributed by atoms with Crippen molar-refractivity contribution in [1.29, 1.82) is 0 Å². The van der Waals surface area contributed by atoms with Gasteiger partial charge in [-0.25, -0.2) is 0 Å². The summed E-state index contributed by atoms with van der Waals surface area (Å²) in [6.45, 7) is 2.92. The topological polar surface area (TPSA) is 120 Å². The maximum atomic E-state index is 11.3. The van der Waals surface area contributed by atoms with Crippen LogP contribution in [0.15, 0.2) is 22.8 Å². The lowest BCUT2D eigenvalue weighted by atomic mass is 9.85. The second kappa shape index (κ2) is 7.06. The molecule has 1 rings (SSSR count). The molecule has 7 nitrogen and oxygen atoms in total. The van der Waals surface area contributed by atoms with Crippen LogP contribution in [0.5, 0.6) is 0 Å². The van der Waals surface area contributed by atoms with Crippen LogP contribution in [-0.4, -0.2) is 39.4 Å². The molecule has 0 saturated heterocycles. The zero-order valence-electron chi connectivity index (χ0n) is 11.3. The maximum Gasteiger partial charge on any atom is 0.310 e. The first-order valence-corrected chi connectivity index (χ1v) is 6.24. The van der Waals surface area contributed by atoms with E-state index in [1.54, 1.807) is 12.1 Å². The molecule has 7 heteroatoms. The minimum absolute atomic E-state index is 0.186. The number of rotatable bonds is 8. The molecule has 4 N–H and O–H groups in total. The highest BCUT2D eigenvalue weighted by Gasteiger charge is 2.38. The highest BCUT2D eigenvalue weighted by molar-refractivity contribution is 5.75. The molecule has 0 aliphatic heterocycles. The molecule has 0 amide bonds. The van der Waals surface area contributed by atoms with Gasteiger partial charge in [-0.2, -0.15) is 0 Å². The molecule has 1 heterocycles. The predicted molar refractivity (Wildman–Crippen MR) is 68.9 cm³/mol. The second-order valence-corrected chi connectivity index (χ2v) is 4.72. The summed E-state index contributed by atoms with van der Waals surface area (Å²) in [5.74, 6) is -4.02. The third kappa shape index (κ3) is 4.07. The van der Waals surface area contributed by atoms with Gasteiger partial charge in [-0.05, 0) is 19.1 Å². The zero-order valence-corrected chi connectivity index (χ0v) is 11.3. The molecule has 3 unspecified atom stereocenters. The standard InChI is InChI=1S/C13H19NO6/c1-7(12(16)17)11(10(8(2)15)13(18)19)14-6-9-4-3-5-20-9/h3-5,7-8,10-11,14-15H,6H2,1-2H3,(H,16,17)(H,18,19)/t7?,8-,10?,11?/m0/s1. The molecule has 1 aromatic rings. The first-order valence-electron chi connectivity index (χ1n) is 6.24. The normalized spacial score (nSPS) is 17.1. The Labute approximate surface area is 116 Å². The van der Waals surface area contributed by atoms with Gasteiger partial charge in [0, 0.05) is 6.04 Å². The number of aliphatic hydroxyl groups is 1. The van der Waals surface area contributed by atoms with E-state index >= 15 is 0 Å². The lowest BCUT2D eigenvalue weighted by Crippen LogP contribution is -2.50. The molecule has 20 heavy (non-hydrogen) atoms. The molecule has 1 aromatic heterocycles. The number of hydrogen-bond acceptors (Lipinski definition) is 5. The summed E-state index contributed by atoms with van der Waals surface area (Å²) in [7, 11) is 0. The summed E-state index contributed by atoms with van der Waals surface area (Å²) in [4.78, 5) is 22.4. The quantitative estimate of drug-likeness (QED) is 0.550. The number of carbonyl (C=O) groups is 2. The Hall–Kier alpha value is -1.86. The molecule has 0 fully saturated rings. The van der Waals surface area contributed by atoms with E-state index < -0.39 is 35.9 Å². The second-order valence-electron chi connectivity index (χ2n) is 4.72. The first kappa shape index (κ1) is 16.2. The molecule has 0 aromatic carbocycles. The van der Waals surface area contributed by atoms with Gasteiger partial charge in [0.15, 0.2) is 0 Å². The van der Waals surface area contributed by atoms with Gasteiger partial charge in [0.2, 0.25) is 0 Å². The van der Waals surface area contributed by atoms with Crippen LogP contribution in [0.3, 0.4) is 0 Å². The van der Waals surface area contributed by atoms with Crippen LogP contribution in [0.1, 0.15) is 19.6 Å². The third-order valence-electron chi connectivity index (χ3n) is 3.21. The van der Waals surface area contributed by atoms with Crippen LogP contribution in [0.25, 0.3) is 0 Å². The van der Waals surface area contributed by atoms with Crippen molar-refractivity contribution in [3.8, 4) is 0 Å². The summed E-state index contributed by atoms with van der Waals surface area (Å²) >= 11 is 0. The van der Waals surface area contributed by atoms with Crippen molar-refractivity contribution in [3.05, 3.63) is 24.2 Å². The Morgan fingerprint density at radius 1 is 1.30 bits per heavy atom. The minimum Gasteiger partial charge on any atom is -0.481 e. The molecular formula is C13H19NO6. The average molecular weight is 285 g/mol. The fourth-order valence-corrected chi connectivity index (χ4v) is 2.06. The number of furan rings is 1. The van der Waals surface area contributed by atoms with Crippen LogP contribution in [0.2, 0.25) is 0 Å². The maximum absolute atomic E-state index is 11.3. The van der Waals surface area contributed by atoms with Crippen molar-refractivity contribution < 1.29 is 29.3 Å². The van der Waals surface area contributed by atoms with E-state index in [4.69, 9.17) is 9.52 Å². The average Bonchev–Trinajstić information content (AvgIpc) is 2.85. The molecule has 0 aliphatic carbocycles. The molecule has 0 saturated carbocycles. The monoisotopic (exact) mass is 285 g/mol. The van der Waals surface area contributed by atoms with Gasteiger partial charge in [0.25, 0.3) is 0 Å². The van der Waals surface area contributed by atoms with Crippen molar-refractivity contribution in [3.63, 3.8) is 0 Å². The summed E-state index contributed by atoms with van der Waals surface area (Å²) in [6.07, 6.45) is 0.291. The lowest BCUT2D eigenvalue weighted by molar-refractivity contribution is -0.150. The molecule has 4 atom stereocenters. The van der Waals surface area contributed by atoms with Crippen LogP contribution >= 0.6 is 0 Å². The van der Waals surface area contributed by atoms with Crippen molar-refractivity contribution >= 4 is 11.9 Å². The van der Waals surface area contributed by atoms with E-state index in [1.807, 2.05) is 0 Å². The number of aliphatic hydroxyl groups excluding tert-OH is 1. The SMILES string of the molecule is CC(C(=O)O)C(NCc1ccco1)C(C(=O)O)[C@H](C)O. The highest BCUT2D eigenvalue weighted by Crippen LogP contribution is 2.19. The summed E-state index contributed by atoms with van der Waals surface area (Å²) in [5, 5.41) is 30.7. The number of aliphatic carboxylic acids is 2. The van der Waals surface area contributed by atoms with Crippen LogP contribution in [0, 0.1) is 11.8 Å². The summed E-state index contributed by atoms with van der Waals surface area (Å²) < 4.78 is 5.10. The fraction of sp³-hybridized carbons (Fsp3) is 0.538. The third-order valence-corrected chi connectivity index (χ3v) is 3.21. The Kier molecular flexibility index (Phi) is 5.72. The molecule has 0 aliphatic rings. The lowest BCUT2D eigenvalue weighted by Gasteiger charge is -2.29. The van der Waals surface area contributed by atoms with E-state index in [-0.39, 0.29) is 6.54 Å². The number of carboxylic acids is 2. The smallest absolute Gasteiger partial charge is 0.310 e. The first-order chi connectivity index (χ1) is 9.34. The van der Waals surface area contributed by atoms with E-state index in [0.29, 0.717) is 5.76 Å². The van der Waals surface area contributed by atoms with Gasteiger partial charge < -0.3 is 25.1 Å². The van der Waals surface area contributed by atoms with Gasteiger partial charge >= 0.3 is 11.9 Å². The van der Waals surface area contributed by atoms with Gasteiger partial charge in [0.1, 0.15) is 5.76 Å². The van der Waals surface area contributed by atoms with Crippen molar-refractivity contribution in [2.75, 3.05) is 0 Å².